The Labute approximate surface area is 199 Å². The minimum absolute atomic E-state index is 0.119. The van der Waals surface area contributed by atoms with Gasteiger partial charge in [-0.15, -0.1) is 0 Å². The molecule has 0 unspecified atom stereocenters. The molecule has 0 aliphatic carbocycles. The number of halogens is 3. The summed E-state index contributed by atoms with van der Waals surface area (Å²) in [6, 6.07) is 20.7. The van der Waals surface area contributed by atoms with E-state index < -0.39 is 0 Å². The van der Waals surface area contributed by atoms with Crippen molar-refractivity contribution in [3.8, 4) is 11.5 Å². The van der Waals surface area contributed by atoms with Gasteiger partial charge in [0.25, 0.3) is 5.91 Å². The maximum atomic E-state index is 11.8. The van der Waals surface area contributed by atoms with E-state index in [4.69, 9.17) is 9.47 Å². The summed E-state index contributed by atoms with van der Waals surface area (Å²) < 4.78 is 14.1. The van der Waals surface area contributed by atoms with Gasteiger partial charge in [0.2, 0.25) is 0 Å². The van der Waals surface area contributed by atoms with E-state index in [1.807, 2.05) is 54.6 Å². The molecule has 0 heterocycles. The number of hydrogen-bond acceptors (Lipinski definition) is 4. The Morgan fingerprint density at radius 1 is 0.900 bits per heavy atom. The quantitative estimate of drug-likeness (QED) is 0.253. The van der Waals surface area contributed by atoms with Crippen LogP contribution in [0.25, 0.3) is 0 Å². The SMILES string of the molecule is O=C(COc1cccc(Br)c1)N/N=C/c1ccc(OCc2ccc(Br)cc2Br)cc1. The Bertz CT molecular complexity index is 1040. The summed E-state index contributed by atoms with van der Waals surface area (Å²) in [7, 11) is 0. The second-order valence-corrected chi connectivity index (χ2v) is 8.82. The van der Waals surface area contributed by atoms with Crippen molar-refractivity contribution < 1.29 is 14.3 Å². The molecule has 0 atom stereocenters. The number of carbonyl (C=O) groups is 1. The lowest BCUT2D eigenvalue weighted by molar-refractivity contribution is -0.123. The third-order valence-corrected chi connectivity index (χ3v) is 5.58. The minimum Gasteiger partial charge on any atom is -0.489 e. The summed E-state index contributed by atoms with van der Waals surface area (Å²) in [5, 5.41) is 3.95. The van der Waals surface area contributed by atoms with Crippen LogP contribution >= 0.6 is 47.8 Å². The Balaban J connectivity index is 1.44. The third kappa shape index (κ3) is 7.27. The lowest BCUT2D eigenvalue weighted by Gasteiger charge is -2.08. The van der Waals surface area contributed by atoms with Gasteiger partial charge in [-0.25, -0.2) is 5.43 Å². The maximum absolute atomic E-state index is 11.8. The summed E-state index contributed by atoms with van der Waals surface area (Å²) in [4.78, 5) is 11.8. The van der Waals surface area contributed by atoms with Crippen LogP contribution in [0.5, 0.6) is 11.5 Å². The van der Waals surface area contributed by atoms with Crippen LogP contribution in [-0.4, -0.2) is 18.7 Å². The zero-order valence-corrected chi connectivity index (χ0v) is 20.4. The molecule has 0 fully saturated rings. The molecule has 8 heteroatoms. The number of nitrogens with one attached hydrogen (secondary N) is 1. The number of carbonyl (C=O) groups excluding carboxylic acids is 1. The Hall–Kier alpha value is -2.16. The molecular weight excluding hydrogens is 580 g/mol. The highest BCUT2D eigenvalue weighted by molar-refractivity contribution is 9.11. The van der Waals surface area contributed by atoms with Crippen molar-refractivity contribution in [3.63, 3.8) is 0 Å². The van der Waals surface area contributed by atoms with Gasteiger partial charge in [-0.1, -0.05) is 59.9 Å². The molecule has 30 heavy (non-hydrogen) atoms. The van der Waals surface area contributed by atoms with E-state index in [0.29, 0.717) is 12.4 Å². The first-order valence-electron chi connectivity index (χ1n) is 8.87. The monoisotopic (exact) mass is 594 g/mol. The summed E-state index contributed by atoms with van der Waals surface area (Å²) in [6.07, 6.45) is 1.56. The summed E-state index contributed by atoms with van der Waals surface area (Å²) in [5.41, 5.74) is 4.33. The number of amides is 1. The Morgan fingerprint density at radius 2 is 1.67 bits per heavy atom. The first-order chi connectivity index (χ1) is 14.5. The number of hydrazone groups is 1. The average Bonchev–Trinajstić information content (AvgIpc) is 2.73. The highest BCUT2D eigenvalue weighted by Gasteiger charge is 2.03. The molecule has 3 rings (SSSR count). The molecule has 154 valence electrons. The highest BCUT2D eigenvalue weighted by atomic mass is 79.9. The second kappa shape index (κ2) is 11.3. The van der Waals surface area contributed by atoms with Gasteiger partial charge in [0.1, 0.15) is 18.1 Å². The fraction of sp³-hybridized carbons (Fsp3) is 0.0909. The molecule has 0 aromatic heterocycles. The van der Waals surface area contributed by atoms with E-state index >= 15 is 0 Å². The van der Waals surface area contributed by atoms with Gasteiger partial charge in [-0.05, 0) is 60.2 Å². The lowest BCUT2D eigenvalue weighted by Crippen LogP contribution is -2.24. The summed E-state index contributed by atoms with van der Waals surface area (Å²) >= 11 is 10.3. The maximum Gasteiger partial charge on any atom is 0.277 e. The van der Waals surface area contributed by atoms with E-state index in [0.717, 1.165) is 30.3 Å². The van der Waals surface area contributed by atoms with Crippen molar-refractivity contribution in [1.29, 1.82) is 0 Å². The van der Waals surface area contributed by atoms with Gasteiger partial charge < -0.3 is 9.47 Å². The van der Waals surface area contributed by atoms with Crippen molar-refractivity contribution in [1.82, 2.24) is 5.43 Å². The fourth-order valence-electron chi connectivity index (χ4n) is 2.37. The predicted octanol–water partition coefficient (Wildman–Crippen LogP) is 6.08. The van der Waals surface area contributed by atoms with Crippen LogP contribution in [0.3, 0.4) is 0 Å². The number of benzene rings is 3. The number of hydrogen-bond donors (Lipinski definition) is 1. The van der Waals surface area contributed by atoms with E-state index in [2.05, 4.69) is 58.3 Å². The molecule has 3 aromatic rings. The molecule has 0 aliphatic rings. The molecule has 0 spiro atoms. The standard InChI is InChI=1S/C22H17Br3N2O3/c23-17-2-1-3-20(10-17)30-14-22(28)27-26-12-15-4-8-19(9-5-15)29-13-16-6-7-18(24)11-21(16)25/h1-12H,13-14H2,(H,27,28)/b26-12+. The summed E-state index contributed by atoms with van der Waals surface area (Å²) in [6.45, 7) is 0.335. The summed E-state index contributed by atoms with van der Waals surface area (Å²) in [5.74, 6) is 1.01. The van der Waals surface area contributed by atoms with Crippen LogP contribution in [0.1, 0.15) is 11.1 Å². The average molecular weight is 597 g/mol. The predicted molar refractivity (Wildman–Crippen MR) is 128 cm³/mol. The van der Waals surface area contributed by atoms with Crippen LogP contribution < -0.4 is 14.9 Å². The molecule has 0 saturated heterocycles. The van der Waals surface area contributed by atoms with Crippen LogP contribution in [0.4, 0.5) is 0 Å². The highest BCUT2D eigenvalue weighted by Crippen LogP contribution is 2.23. The molecule has 1 N–H and O–H groups in total. The number of rotatable bonds is 8. The van der Waals surface area contributed by atoms with Crippen molar-refractivity contribution in [2.75, 3.05) is 6.61 Å². The molecule has 0 bridgehead atoms. The third-order valence-electron chi connectivity index (χ3n) is 3.86. The Morgan fingerprint density at radius 3 is 2.40 bits per heavy atom. The largest absolute Gasteiger partial charge is 0.489 e. The van der Waals surface area contributed by atoms with Gasteiger partial charge in [0.05, 0.1) is 6.21 Å². The van der Waals surface area contributed by atoms with Crippen LogP contribution in [-0.2, 0) is 11.4 Å². The number of nitrogens with zero attached hydrogens (tertiary/aromatic N) is 1. The smallest absolute Gasteiger partial charge is 0.277 e. The lowest BCUT2D eigenvalue weighted by atomic mass is 10.2. The molecule has 0 radical (unpaired) electrons. The molecule has 1 amide bonds. The van der Waals surface area contributed by atoms with Crippen molar-refractivity contribution in [2.45, 2.75) is 6.61 Å². The minimum atomic E-state index is -0.341. The molecular formula is C22H17Br3N2O3. The topological polar surface area (TPSA) is 59.9 Å². The van der Waals surface area contributed by atoms with Crippen molar-refractivity contribution in [3.05, 3.63) is 91.3 Å². The van der Waals surface area contributed by atoms with Gasteiger partial charge in [-0.3, -0.25) is 4.79 Å². The van der Waals surface area contributed by atoms with Crippen LogP contribution in [0, 0.1) is 0 Å². The number of ether oxygens (including phenoxy) is 2. The van der Waals surface area contributed by atoms with Crippen LogP contribution in [0.15, 0.2) is 85.2 Å². The molecule has 0 aliphatic heterocycles. The normalized spacial score (nSPS) is 10.8. The first kappa shape index (κ1) is 22.5. The Kier molecular flexibility index (Phi) is 8.48. The molecule has 5 nitrogen and oxygen atoms in total. The zero-order chi connectivity index (χ0) is 21.3. The second-order valence-electron chi connectivity index (χ2n) is 6.13. The van der Waals surface area contributed by atoms with E-state index in [-0.39, 0.29) is 12.5 Å². The molecule has 3 aromatic carbocycles. The van der Waals surface area contributed by atoms with Gasteiger partial charge in [0.15, 0.2) is 6.61 Å². The van der Waals surface area contributed by atoms with Gasteiger partial charge in [0, 0.05) is 19.0 Å². The van der Waals surface area contributed by atoms with Crippen molar-refractivity contribution in [2.24, 2.45) is 5.10 Å². The van der Waals surface area contributed by atoms with Gasteiger partial charge in [-0.2, -0.15) is 5.10 Å². The fourth-order valence-corrected chi connectivity index (χ4v) is 3.91. The van der Waals surface area contributed by atoms with Gasteiger partial charge >= 0.3 is 0 Å². The first-order valence-corrected chi connectivity index (χ1v) is 11.2. The van der Waals surface area contributed by atoms with Crippen molar-refractivity contribution >= 4 is 59.9 Å². The van der Waals surface area contributed by atoms with E-state index in [9.17, 15) is 4.79 Å². The van der Waals surface area contributed by atoms with E-state index in [1.165, 1.54) is 0 Å². The van der Waals surface area contributed by atoms with E-state index in [1.54, 1.807) is 18.3 Å². The van der Waals surface area contributed by atoms with Crippen LogP contribution in [0.2, 0.25) is 0 Å². The molecule has 0 saturated carbocycles. The zero-order valence-electron chi connectivity index (χ0n) is 15.6.